The summed E-state index contributed by atoms with van der Waals surface area (Å²) in [4.78, 5) is 2.20. The minimum absolute atomic E-state index is 0.183. The van der Waals surface area contributed by atoms with Gasteiger partial charge in [-0.15, -0.1) is 0 Å². The smallest absolute Gasteiger partial charge is 0.142 e. The van der Waals surface area contributed by atoms with Crippen molar-refractivity contribution < 1.29 is 9.47 Å². The summed E-state index contributed by atoms with van der Waals surface area (Å²) in [5.41, 5.74) is 1.12. The molecule has 2 rings (SSSR count). The summed E-state index contributed by atoms with van der Waals surface area (Å²) >= 11 is 0. The summed E-state index contributed by atoms with van der Waals surface area (Å²) in [7, 11) is 2.08. The van der Waals surface area contributed by atoms with Crippen LogP contribution in [0.2, 0.25) is 0 Å². The molecule has 0 amide bonds. The lowest BCUT2D eigenvalue weighted by atomic mass is 10.2. The quantitative estimate of drug-likeness (QED) is 0.880. The van der Waals surface area contributed by atoms with E-state index in [1.54, 1.807) is 0 Å². The van der Waals surface area contributed by atoms with Crippen LogP contribution in [0.15, 0.2) is 24.3 Å². The zero-order valence-corrected chi connectivity index (χ0v) is 12.1. The lowest BCUT2D eigenvalue weighted by Crippen LogP contribution is -2.44. The van der Waals surface area contributed by atoms with Crippen molar-refractivity contribution in [2.75, 3.05) is 38.2 Å². The molecule has 0 radical (unpaired) electrons. The van der Waals surface area contributed by atoms with Gasteiger partial charge in [0, 0.05) is 26.7 Å². The Morgan fingerprint density at radius 3 is 2.89 bits per heavy atom. The Kier molecular flexibility index (Phi) is 5.05. The Labute approximate surface area is 115 Å². The van der Waals surface area contributed by atoms with E-state index >= 15 is 0 Å². The summed E-state index contributed by atoms with van der Waals surface area (Å²) in [6, 6.07) is 8.16. The second-order valence-corrected chi connectivity index (χ2v) is 5.21. The van der Waals surface area contributed by atoms with Crippen molar-refractivity contribution in [3.63, 3.8) is 0 Å². The first-order valence-corrected chi connectivity index (χ1v) is 6.96. The van der Waals surface area contributed by atoms with Crippen LogP contribution in [0.4, 0.5) is 5.69 Å². The van der Waals surface area contributed by atoms with Gasteiger partial charge in [0.05, 0.1) is 24.5 Å². The van der Waals surface area contributed by atoms with Crippen molar-refractivity contribution in [1.82, 2.24) is 5.32 Å². The molecule has 0 bridgehead atoms. The van der Waals surface area contributed by atoms with Crippen molar-refractivity contribution in [3.8, 4) is 5.75 Å². The van der Waals surface area contributed by atoms with Gasteiger partial charge in [0.2, 0.25) is 0 Å². The van der Waals surface area contributed by atoms with Crippen LogP contribution in [-0.2, 0) is 4.74 Å². The third kappa shape index (κ3) is 4.11. The highest BCUT2D eigenvalue weighted by Crippen LogP contribution is 2.28. The van der Waals surface area contributed by atoms with Crippen LogP contribution in [0.25, 0.3) is 0 Å². The number of hydrogen-bond acceptors (Lipinski definition) is 4. The molecule has 19 heavy (non-hydrogen) atoms. The van der Waals surface area contributed by atoms with Crippen LogP contribution in [0.3, 0.4) is 0 Å². The number of ether oxygens (including phenoxy) is 2. The van der Waals surface area contributed by atoms with Gasteiger partial charge in [0.25, 0.3) is 0 Å². The maximum Gasteiger partial charge on any atom is 0.142 e. The monoisotopic (exact) mass is 264 g/mol. The molecule has 0 saturated carbocycles. The van der Waals surface area contributed by atoms with Gasteiger partial charge in [-0.2, -0.15) is 0 Å². The molecule has 4 heteroatoms. The Bertz CT molecular complexity index is 389. The van der Waals surface area contributed by atoms with Crippen LogP contribution in [0, 0.1) is 0 Å². The summed E-state index contributed by atoms with van der Waals surface area (Å²) in [6.45, 7) is 7.62. The zero-order chi connectivity index (χ0) is 13.7. The number of hydrogen-bond donors (Lipinski definition) is 1. The van der Waals surface area contributed by atoms with Gasteiger partial charge in [-0.1, -0.05) is 12.1 Å². The van der Waals surface area contributed by atoms with Crippen molar-refractivity contribution in [2.45, 2.75) is 26.1 Å². The number of benzene rings is 1. The van der Waals surface area contributed by atoms with Crippen molar-refractivity contribution in [1.29, 1.82) is 0 Å². The number of nitrogens with one attached hydrogen (secondary N) is 1. The van der Waals surface area contributed by atoms with Crippen LogP contribution >= 0.6 is 0 Å². The number of para-hydroxylation sites is 2. The highest BCUT2D eigenvalue weighted by Gasteiger charge is 2.17. The lowest BCUT2D eigenvalue weighted by molar-refractivity contribution is 0.0339. The second-order valence-electron chi connectivity index (χ2n) is 5.21. The predicted molar refractivity (Wildman–Crippen MR) is 78.1 cm³/mol. The average Bonchev–Trinajstić information content (AvgIpc) is 2.39. The van der Waals surface area contributed by atoms with Crippen molar-refractivity contribution in [2.24, 2.45) is 0 Å². The Balaban J connectivity index is 2.02. The summed E-state index contributed by atoms with van der Waals surface area (Å²) in [5.74, 6) is 0.934. The van der Waals surface area contributed by atoms with E-state index in [0.29, 0.717) is 0 Å². The maximum atomic E-state index is 5.86. The fraction of sp³-hybridized carbons (Fsp3) is 0.600. The number of likely N-dealkylation sites (N-methyl/N-ethyl adjacent to an activating group) is 1. The van der Waals surface area contributed by atoms with E-state index in [1.165, 1.54) is 0 Å². The van der Waals surface area contributed by atoms with Crippen LogP contribution in [0.1, 0.15) is 13.8 Å². The molecule has 1 aromatic rings. The molecule has 0 aliphatic carbocycles. The fourth-order valence-corrected chi connectivity index (χ4v) is 2.27. The first-order valence-electron chi connectivity index (χ1n) is 6.96. The molecule has 1 unspecified atom stereocenters. The van der Waals surface area contributed by atoms with E-state index < -0.39 is 0 Å². The Hall–Kier alpha value is -1.26. The first-order chi connectivity index (χ1) is 9.16. The van der Waals surface area contributed by atoms with Crippen LogP contribution in [-0.4, -0.2) is 45.5 Å². The van der Waals surface area contributed by atoms with Gasteiger partial charge in [0.15, 0.2) is 0 Å². The Morgan fingerprint density at radius 1 is 1.42 bits per heavy atom. The zero-order valence-electron chi connectivity index (χ0n) is 12.1. The van der Waals surface area contributed by atoms with E-state index in [9.17, 15) is 0 Å². The largest absolute Gasteiger partial charge is 0.489 e. The van der Waals surface area contributed by atoms with Crippen LogP contribution in [0.5, 0.6) is 5.75 Å². The maximum absolute atomic E-state index is 5.86. The van der Waals surface area contributed by atoms with Gasteiger partial charge in [0.1, 0.15) is 5.75 Å². The molecule has 1 heterocycles. The van der Waals surface area contributed by atoms with Crippen molar-refractivity contribution in [3.05, 3.63) is 24.3 Å². The number of nitrogens with zero attached hydrogens (tertiary/aromatic N) is 1. The second kappa shape index (κ2) is 6.78. The van der Waals surface area contributed by atoms with Gasteiger partial charge in [-0.05, 0) is 26.0 Å². The van der Waals surface area contributed by atoms with E-state index in [2.05, 4.69) is 23.3 Å². The molecular weight excluding hydrogens is 240 g/mol. The molecule has 0 aromatic heterocycles. The minimum atomic E-state index is 0.183. The number of anilines is 1. The number of morpholine rings is 1. The normalized spacial score (nSPS) is 19.5. The Morgan fingerprint density at radius 2 is 2.21 bits per heavy atom. The van der Waals surface area contributed by atoms with Gasteiger partial charge in [-0.25, -0.2) is 0 Å². The summed E-state index contributed by atoms with van der Waals surface area (Å²) in [5, 5.41) is 3.36. The van der Waals surface area contributed by atoms with Gasteiger partial charge in [-0.3, -0.25) is 0 Å². The SMILES string of the molecule is CC(C)Oc1ccccc1N(C)CC1CNCCO1. The molecular formula is C15H24N2O2. The molecule has 0 spiro atoms. The molecule has 106 valence electrons. The molecule has 1 aliphatic rings. The lowest BCUT2D eigenvalue weighted by Gasteiger charge is -2.30. The average molecular weight is 264 g/mol. The van der Waals surface area contributed by atoms with Gasteiger partial charge < -0.3 is 19.7 Å². The molecule has 1 N–H and O–H groups in total. The molecule has 1 saturated heterocycles. The molecule has 4 nitrogen and oxygen atoms in total. The van der Waals surface area contributed by atoms with Crippen LogP contribution < -0.4 is 15.0 Å². The van der Waals surface area contributed by atoms with Crippen molar-refractivity contribution >= 4 is 5.69 Å². The number of rotatable bonds is 5. The highest BCUT2D eigenvalue weighted by atomic mass is 16.5. The minimum Gasteiger partial charge on any atom is -0.489 e. The summed E-state index contributed by atoms with van der Waals surface area (Å²) < 4.78 is 11.6. The third-order valence-corrected chi connectivity index (χ3v) is 3.12. The standard InChI is InChI=1S/C15H24N2O2/c1-12(2)19-15-7-5-4-6-14(15)17(3)11-13-10-16-8-9-18-13/h4-7,12-13,16H,8-11H2,1-3H3. The van der Waals surface area contributed by atoms with Gasteiger partial charge >= 0.3 is 0 Å². The predicted octanol–water partition coefficient (Wildman–Crippen LogP) is 1.90. The third-order valence-electron chi connectivity index (χ3n) is 3.12. The van der Waals surface area contributed by atoms with E-state index in [1.807, 2.05) is 32.0 Å². The topological polar surface area (TPSA) is 33.7 Å². The molecule has 1 fully saturated rings. The molecule has 1 atom stereocenters. The first kappa shape index (κ1) is 14.2. The molecule has 1 aliphatic heterocycles. The van der Waals surface area contributed by atoms with E-state index in [4.69, 9.17) is 9.47 Å². The summed E-state index contributed by atoms with van der Waals surface area (Å²) in [6.07, 6.45) is 0.424. The molecule has 1 aromatic carbocycles. The fourth-order valence-electron chi connectivity index (χ4n) is 2.27. The highest BCUT2D eigenvalue weighted by molar-refractivity contribution is 5.58. The van der Waals surface area contributed by atoms with E-state index in [0.717, 1.165) is 37.7 Å². The van der Waals surface area contributed by atoms with E-state index in [-0.39, 0.29) is 12.2 Å².